The normalized spacial score (nSPS) is 24.0. The second-order valence-corrected chi connectivity index (χ2v) is 14.2. The maximum Gasteiger partial charge on any atom is 0.255 e. The van der Waals surface area contributed by atoms with Gasteiger partial charge in [0.25, 0.3) is 5.91 Å². The van der Waals surface area contributed by atoms with Crippen LogP contribution in [0.15, 0.2) is 36.5 Å². The van der Waals surface area contributed by atoms with Gasteiger partial charge in [0.1, 0.15) is 17.7 Å². The molecule has 3 aliphatic heterocycles. The molecule has 10 heteroatoms. The van der Waals surface area contributed by atoms with Crippen molar-refractivity contribution in [1.29, 1.82) is 0 Å². The molecule has 3 aromatic heterocycles. The van der Waals surface area contributed by atoms with Crippen LogP contribution in [-0.2, 0) is 11.3 Å². The third-order valence-corrected chi connectivity index (χ3v) is 10.9. The number of carbonyl (C=O) groups is 1. The van der Waals surface area contributed by atoms with Gasteiger partial charge in [-0.2, -0.15) is 5.10 Å². The fraction of sp³-hybridized carbons (Fsp3) is 0.556. The number of nitrogens with zero attached hydrogens (tertiary/aromatic N) is 5. The number of ether oxygens (including phenoxy) is 1. The number of carbonyl (C=O) groups excluding carboxylic acids is 1. The number of aliphatic hydroxyl groups excluding tert-OH is 1. The van der Waals surface area contributed by atoms with Gasteiger partial charge >= 0.3 is 0 Å². The zero-order valence-corrected chi connectivity index (χ0v) is 26.7. The number of aromatic nitrogens is 3. The highest BCUT2D eigenvalue weighted by atomic mass is 19.1. The minimum Gasteiger partial charge on any atom is -0.376 e. The highest BCUT2D eigenvalue weighted by Gasteiger charge is 2.34. The number of aryl methyl sites for hydroxylation is 1. The Bertz CT molecular complexity index is 1760. The molecule has 1 amide bonds. The number of rotatable bonds is 7. The summed E-state index contributed by atoms with van der Waals surface area (Å²) in [6.45, 7) is 6.50. The van der Waals surface area contributed by atoms with Crippen LogP contribution >= 0.6 is 0 Å². The summed E-state index contributed by atoms with van der Waals surface area (Å²) in [6.07, 6.45) is 9.04. The van der Waals surface area contributed by atoms with Crippen molar-refractivity contribution in [3.63, 3.8) is 0 Å². The second kappa shape index (κ2) is 12.0. The first-order valence-electron chi connectivity index (χ1n) is 17.2. The Balaban J connectivity index is 1.14. The van der Waals surface area contributed by atoms with Crippen LogP contribution in [0, 0.1) is 18.7 Å². The third-order valence-electron chi connectivity index (χ3n) is 10.9. The molecule has 9 nitrogen and oxygen atoms in total. The number of piperidine rings is 2. The van der Waals surface area contributed by atoms with Gasteiger partial charge in [0.2, 0.25) is 0 Å². The van der Waals surface area contributed by atoms with Gasteiger partial charge in [-0.1, -0.05) is 0 Å². The highest BCUT2D eigenvalue weighted by Crippen LogP contribution is 2.42. The van der Waals surface area contributed by atoms with Gasteiger partial charge in [0, 0.05) is 62.5 Å². The van der Waals surface area contributed by atoms with Crippen molar-refractivity contribution >= 4 is 22.3 Å². The fourth-order valence-electron chi connectivity index (χ4n) is 8.13. The minimum atomic E-state index is -0.576. The van der Waals surface area contributed by atoms with Gasteiger partial charge in [-0.25, -0.2) is 8.91 Å². The van der Waals surface area contributed by atoms with Crippen LogP contribution in [0.1, 0.15) is 78.8 Å². The van der Waals surface area contributed by atoms with E-state index in [9.17, 15) is 9.90 Å². The Kier molecular flexibility index (Phi) is 7.87. The summed E-state index contributed by atoms with van der Waals surface area (Å²) in [5.41, 5.74) is 12.8. The number of halogens is 1. The van der Waals surface area contributed by atoms with Crippen LogP contribution in [-0.4, -0.2) is 86.2 Å². The zero-order chi connectivity index (χ0) is 31.5. The van der Waals surface area contributed by atoms with E-state index >= 15 is 4.39 Å². The highest BCUT2D eigenvalue weighted by molar-refractivity contribution is 5.95. The Morgan fingerprint density at radius 3 is 2.65 bits per heavy atom. The largest absolute Gasteiger partial charge is 0.376 e. The zero-order valence-electron chi connectivity index (χ0n) is 26.7. The van der Waals surface area contributed by atoms with Crippen molar-refractivity contribution in [2.75, 3.05) is 32.8 Å². The molecule has 4 aromatic rings. The number of fused-ring (bicyclic) bond motifs is 2. The predicted molar refractivity (Wildman–Crippen MR) is 175 cm³/mol. The van der Waals surface area contributed by atoms with Gasteiger partial charge in [-0.3, -0.25) is 9.69 Å². The number of nitrogens with two attached hydrogens (primary N) is 1. The number of pyridine rings is 1. The predicted octanol–water partition coefficient (Wildman–Crippen LogP) is 5.05. The molecule has 8 rings (SSSR count). The number of likely N-dealkylation sites (tertiary alicyclic amines) is 2. The lowest BCUT2D eigenvalue weighted by Crippen LogP contribution is -2.47. The number of aliphatic hydroxyl groups is 1. The monoisotopic (exact) mass is 628 g/mol. The molecule has 4 fully saturated rings. The fourth-order valence-corrected chi connectivity index (χ4v) is 8.13. The molecule has 1 aliphatic carbocycles. The molecule has 3 N–H and O–H groups in total. The Morgan fingerprint density at radius 2 is 1.91 bits per heavy atom. The molecule has 4 aliphatic rings. The molecule has 244 valence electrons. The summed E-state index contributed by atoms with van der Waals surface area (Å²) < 4.78 is 25.3. The van der Waals surface area contributed by atoms with E-state index in [0.717, 1.165) is 110 Å². The summed E-state index contributed by atoms with van der Waals surface area (Å²) in [4.78, 5) is 17.3. The Morgan fingerprint density at radius 1 is 1.09 bits per heavy atom. The molecule has 1 saturated carbocycles. The van der Waals surface area contributed by atoms with E-state index in [1.165, 1.54) is 12.8 Å². The van der Waals surface area contributed by atoms with E-state index in [-0.39, 0.29) is 29.8 Å². The minimum absolute atomic E-state index is 0.0101. The number of hydrogen-bond donors (Lipinski definition) is 2. The van der Waals surface area contributed by atoms with Gasteiger partial charge in [-0.15, -0.1) is 0 Å². The molecule has 3 saturated heterocycles. The lowest BCUT2D eigenvalue weighted by molar-refractivity contribution is -0.0977. The molecule has 46 heavy (non-hydrogen) atoms. The summed E-state index contributed by atoms with van der Waals surface area (Å²) in [6, 6.07) is 9.41. The molecule has 0 radical (unpaired) electrons. The third kappa shape index (κ3) is 5.53. The molecule has 0 bridgehead atoms. The first-order valence-corrected chi connectivity index (χ1v) is 17.2. The van der Waals surface area contributed by atoms with E-state index < -0.39 is 6.23 Å². The van der Waals surface area contributed by atoms with Crippen molar-refractivity contribution in [1.82, 2.24) is 24.0 Å². The van der Waals surface area contributed by atoms with Crippen LogP contribution in [0.4, 0.5) is 4.39 Å². The van der Waals surface area contributed by atoms with Gasteiger partial charge in [0.15, 0.2) is 0 Å². The maximum atomic E-state index is 15.3. The van der Waals surface area contributed by atoms with Crippen LogP contribution in [0.3, 0.4) is 0 Å². The number of amides is 1. The summed E-state index contributed by atoms with van der Waals surface area (Å²) in [7, 11) is 0. The van der Waals surface area contributed by atoms with Crippen LogP contribution in [0.2, 0.25) is 0 Å². The molecule has 6 heterocycles. The van der Waals surface area contributed by atoms with Gasteiger partial charge in [0.05, 0.1) is 28.4 Å². The van der Waals surface area contributed by atoms with Crippen LogP contribution in [0.5, 0.6) is 0 Å². The van der Waals surface area contributed by atoms with Crippen molar-refractivity contribution in [3.8, 4) is 11.4 Å². The SMILES string of the molecule is Cc1c(-c2cc3cc(F)cc(C4CCN(C(O)C5CCCO5)CC4)c3n2CC2CC2)nn2cc(C(=O)N3CCC[C@@H](N)C3)ccc12. The Labute approximate surface area is 269 Å². The maximum absolute atomic E-state index is 15.3. The van der Waals surface area contributed by atoms with Gasteiger partial charge < -0.3 is 25.0 Å². The van der Waals surface area contributed by atoms with E-state index in [1.54, 1.807) is 12.1 Å². The Hall–Kier alpha value is -3.31. The average molecular weight is 629 g/mol. The van der Waals surface area contributed by atoms with E-state index in [2.05, 4.69) is 22.5 Å². The first kappa shape index (κ1) is 30.1. The van der Waals surface area contributed by atoms with Crippen molar-refractivity contribution in [3.05, 3.63) is 59.0 Å². The van der Waals surface area contributed by atoms with Crippen LogP contribution < -0.4 is 5.73 Å². The summed E-state index contributed by atoms with van der Waals surface area (Å²) >= 11 is 0. The molecule has 2 unspecified atom stereocenters. The first-order chi connectivity index (χ1) is 22.3. The lowest BCUT2D eigenvalue weighted by atomic mass is 9.87. The van der Waals surface area contributed by atoms with Crippen molar-refractivity contribution in [2.45, 2.75) is 89.1 Å². The van der Waals surface area contributed by atoms with Gasteiger partial charge in [-0.05, 0) is 106 Å². The second-order valence-electron chi connectivity index (χ2n) is 14.2. The molecule has 0 spiro atoms. The van der Waals surface area contributed by atoms with Crippen LogP contribution in [0.25, 0.3) is 27.8 Å². The molecular weight excluding hydrogens is 583 g/mol. The molecular formula is C36H45FN6O3. The summed E-state index contributed by atoms with van der Waals surface area (Å²) in [5, 5.41) is 16.9. The molecule has 3 atom stereocenters. The number of hydrogen-bond acceptors (Lipinski definition) is 6. The smallest absolute Gasteiger partial charge is 0.255 e. The van der Waals surface area contributed by atoms with E-state index in [1.807, 2.05) is 27.7 Å². The summed E-state index contributed by atoms with van der Waals surface area (Å²) in [5.74, 6) is 0.578. The average Bonchev–Trinajstić information content (AvgIpc) is 3.42. The quantitative estimate of drug-likeness (QED) is 0.297. The van der Waals surface area contributed by atoms with E-state index in [0.29, 0.717) is 18.0 Å². The van der Waals surface area contributed by atoms with E-state index in [4.69, 9.17) is 15.6 Å². The van der Waals surface area contributed by atoms with Crippen molar-refractivity contribution < 1.29 is 19.0 Å². The molecule has 1 aromatic carbocycles. The number of benzene rings is 1. The topological polar surface area (TPSA) is 101 Å². The van der Waals surface area contributed by atoms with Crippen molar-refractivity contribution in [2.24, 2.45) is 11.7 Å². The lowest BCUT2D eigenvalue weighted by Gasteiger charge is -2.37. The standard InChI is InChI=1S/C36H45FN6O3/c1-22-30-9-8-25(35(44)41-12-2-4-28(38)21-41)20-43(30)39-33(22)31-17-26-16-27(37)18-29(34(26)42(31)19-23-6-7-23)24-10-13-40(14-11-24)36(45)32-5-3-15-46-32/h8-9,16-18,20,23-24,28,32,36,45H,2-7,10-15,19,21,38H2,1H3/t28-,32?,36?/m1/s1.